The minimum Gasteiger partial charge on any atom is -0.385 e. The van der Waals surface area contributed by atoms with Crippen molar-refractivity contribution >= 4 is 23.1 Å². The van der Waals surface area contributed by atoms with Crippen LogP contribution in [0.4, 0.5) is 0 Å². The van der Waals surface area contributed by atoms with Crippen molar-refractivity contribution in [2.75, 3.05) is 0 Å². The molecule has 0 amide bonds. The molecule has 1 heterocycles. The number of thioether (sulfide) groups is 1. The van der Waals surface area contributed by atoms with E-state index in [0.29, 0.717) is 11.2 Å². The van der Waals surface area contributed by atoms with Gasteiger partial charge in [0.05, 0.1) is 16.2 Å². The molecule has 1 fully saturated rings. The van der Waals surface area contributed by atoms with Crippen LogP contribution in [-0.2, 0) is 11.4 Å². The molecule has 2 rings (SSSR count). The maximum atomic E-state index is 10.2. The monoisotopic (exact) mass is 271 g/mol. The van der Waals surface area contributed by atoms with Crippen LogP contribution in [0.1, 0.15) is 62.0 Å². The second-order valence-corrected chi connectivity index (χ2v) is 8.16. The SMILES string of the molecule is CC(C)SCc1nc(C2CC2)c(C(C)(C)O)s1. The van der Waals surface area contributed by atoms with Gasteiger partial charge in [0, 0.05) is 11.7 Å². The summed E-state index contributed by atoms with van der Waals surface area (Å²) in [4.78, 5) is 5.83. The summed E-state index contributed by atoms with van der Waals surface area (Å²) in [5.74, 6) is 1.59. The summed E-state index contributed by atoms with van der Waals surface area (Å²) < 4.78 is 0. The van der Waals surface area contributed by atoms with Crippen LogP contribution in [0.3, 0.4) is 0 Å². The summed E-state index contributed by atoms with van der Waals surface area (Å²) >= 11 is 3.61. The van der Waals surface area contributed by atoms with Gasteiger partial charge in [-0.05, 0) is 31.9 Å². The molecule has 96 valence electrons. The second-order valence-electron chi connectivity index (χ2n) is 5.52. The molecule has 1 aliphatic carbocycles. The lowest BCUT2D eigenvalue weighted by atomic mass is 10.0. The third kappa shape index (κ3) is 3.46. The van der Waals surface area contributed by atoms with Gasteiger partial charge in [-0.15, -0.1) is 11.3 Å². The topological polar surface area (TPSA) is 33.1 Å². The summed E-state index contributed by atoms with van der Waals surface area (Å²) in [5.41, 5.74) is 0.429. The van der Waals surface area contributed by atoms with Crippen molar-refractivity contribution < 1.29 is 5.11 Å². The van der Waals surface area contributed by atoms with Crippen molar-refractivity contribution in [3.05, 3.63) is 15.6 Å². The first-order valence-electron chi connectivity index (χ1n) is 6.22. The summed E-state index contributed by atoms with van der Waals surface area (Å²) in [6.07, 6.45) is 2.48. The van der Waals surface area contributed by atoms with Gasteiger partial charge in [-0.2, -0.15) is 11.8 Å². The molecule has 1 saturated carbocycles. The fourth-order valence-corrected chi connectivity index (χ4v) is 3.68. The Balaban J connectivity index is 2.19. The highest BCUT2D eigenvalue weighted by atomic mass is 32.2. The standard InChI is InChI=1S/C13H21NOS2/c1-8(2)16-7-10-14-11(9-5-6-9)12(17-10)13(3,4)15/h8-9,15H,5-7H2,1-4H3. The van der Waals surface area contributed by atoms with E-state index in [2.05, 4.69) is 13.8 Å². The Morgan fingerprint density at radius 1 is 1.47 bits per heavy atom. The fraction of sp³-hybridized carbons (Fsp3) is 0.769. The summed E-state index contributed by atoms with van der Waals surface area (Å²) in [6, 6.07) is 0. The predicted molar refractivity (Wildman–Crippen MR) is 75.8 cm³/mol. The highest BCUT2D eigenvalue weighted by molar-refractivity contribution is 7.99. The average molecular weight is 271 g/mol. The zero-order valence-electron chi connectivity index (χ0n) is 11.0. The van der Waals surface area contributed by atoms with E-state index in [0.717, 1.165) is 10.6 Å². The molecule has 17 heavy (non-hydrogen) atoms. The van der Waals surface area contributed by atoms with Crippen molar-refractivity contribution in [2.45, 2.75) is 63.1 Å². The van der Waals surface area contributed by atoms with E-state index in [-0.39, 0.29) is 0 Å². The Hall–Kier alpha value is -0.0600. The van der Waals surface area contributed by atoms with E-state index < -0.39 is 5.60 Å². The minimum absolute atomic E-state index is 0.616. The minimum atomic E-state index is -0.740. The van der Waals surface area contributed by atoms with Gasteiger partial charge in [-0.1, -0.05) is 13.8 Å². The Morgan fingerprint density at radius 3 is 2.59 bits per heavy atom. The number of thiazole rings is 1. The van der Waals surface area contributed by atoms with Crippen LogP contribution < -0.4 is 0 Å². The molecule has 0 spiro atoms. The summed E-state index contributed by atoms with van der Waals surface area (Å²) in [7, 11) is 0. The Labute approximate surface area is 112 Å². The molecule has 1 N–H and O–H groups in total. The van der Waals surface area contributed by atoms with Gasteiger partial charge in [0.1, 0.15) is 5.01 Å². The lowest BCUT2D eigenvalue weighted by Gasteiger charge is -2.16. The molecule has 0 aromatic carbocycles. The number of aliphatic hydroxyl groups is 1. The molecule has 0 radical (unpaired) electrons. The third-order valence-corrected chi connectivity index (χ3v) is 5.43. The average Bonchev–Trinajstić information content (AvgIpc) is 2.94. The Bertz CT molecular complexity index is 389. The van der Waals surface area contributed by atoms with Gasteiger partial charge in [0.2, 0.25) is 0 Å². The van der Waals surface area contributed by atoms with Gasteiger partial charge < -0.3 is 5.11 Å². The molecule has 0 aliphatic heterocycles. The van der Waals surface area contributed by atoms with E-state index >= 15 is 0 Å². The van der Waals surface area contributed by atoms with Gasteiger partial charge in [0.25, 0.3) is 0 Å². The molecule has 1 aromatic rings. The van der Waals surface area contributed by atoms with Crippen molar-refractivity contribution in [2.24, 2.45) is 0 Å². The van der Waals surface area contributed by atoms with Crippen LogP contribution in [0, 0.1) is 0 Å². The summed E-state index contributed by atoms with van der Waals surface area (Å²) in [5, 5.41) is 12.0. The maximum absolute atomic E-state index is 10.2. The first-order chi connectivity index (χ1) is 7.88. The lowest BCUT2D eigenvalue weighted by molar-refractivity contribution is 0.0813. The molecule has 0 saturated heterocycles. The van der Waals surface area contributed by atoms with Crippen LogP contribution in [0.5, 0.6) is 0 Å². The van der Waals surface area contributed by atoms with E-state index in [1.165, 1.54) is 23.5 Å². The first kappa shape index (κ1) is 13.4. The van der Waals surface area contributed by atoms with Crippen LogP contribution in [0.15, 0.2) is 0 Å². The van der Waals surface area contributed by atoms with E-state index in [1.807, 2.05) is 25.6 Å². The number of hydrogen-bond acceptors (Lipinski definition) is 4. The largest absolute Gasteiger partial charge is 0.385 e. The summed E-state index contributed by atoms with van der Waals surface area (Å²) in [6.45, 7) is 8.14. The first-order valence-corrected chi connectivity index (χ1v) is 8.08. The smallest absolute Gasteiger partial charge is 0.103 e. The van der Waals surface area contributed by atoms with Crippen LogP contribution in [-0.4, -0.2) is 15.3 Å². The highest BCUT2D eigenvalue weighted by Crippen LogP contribution is 2.45. The Kier molecular flexibility index (Phi) is 3.86. The molecule has 1 aliphatic rings. The van der Waals surface area contributed by atoms with E-state index in [9.17, 15) is 5.11 Å². The number of hydrogen-bond donors (Lipinski definition) is 1. The number of aromatic nitrogens is 1. The predicted octanol–water partition coefficient (Wildman–Crippen LogP) is 3.89. The van der Waals surface area contributed by atoms with Crippen LogP contribution >= 0.6 is 23.1 Å². The van der Waals surface area contributed by atoms with Crippen molar-refractivity contribution in [3.63, 3.8) is 0 Å². The van der Waals surface area contributed by atoms with Gasteiger partial charge >= 0.3 is 0 Å². The molecule has 0 bridgehead atoms. The zero-order valence-corrected chi connectivity index (χ0v) is 12.6. The van der Waals surface area contributed by atoms with Crippen molar-refractivity contribution in [3.8, 4) is 0 Å². The van der Waals surface area contributed by atoms with Gasteiger partial charge in [-0.25, -0.2) is 4.98 Å². The lowest BCUT2D eigenvalue weighted by Crippen LogP contribution is -2.15. The van der Waals surface area contributed by atoms with Crippen molar-refractivity contribution in [1.82, 2.24) is 4.98 Å². The molecular weight excluding hydrogens is 250 g/mol. The van der Waals surface area contributed by atoms with Crippen LogP contribution in [0.25, 0.3) is 0 Å². The van der Waals surface area contributed by atoms with Gasteiger partial charge in [0.15, 0.2) is 0 Å². The van der Waals surface area contributed by atoms with E-state index in [1.54, 1.807) is 11.3 Å². The fourth-order valence-electron chi connectivity index (χ4n) is 1.75. The Morgan fingerprint density at radius 2 is 2.12 bits per heavy atom. The number of rotatable bonds is 5. The molecule has 0 atom stereocenters. The maximum Gasteiger partial charge on any atom is 0.103 e. The molecular formula is C13H21NOS2. The van der Waals surface area contributed by atoms with Crippen molar-refractivity contribution in [1.29, 1.82) is 0 Å². The normalized spacial score (nSPS) is 16.8. The molecule has 4 heteroatoms. The highest BCUT2D eigenvalue weighted by Gasteiger charge is 2.34. The third-order valence-electron chi connectivity index (χ3n) is 2.76. The molecule has 0 unspecified atom stereocenters. The zero-order chi connectivity index (χ0) is 12.6. The van der Waals surface area contributed by atoms with Crippen LogP contribution in [0.2, 0.25) is 0 Å². The second kappa shape index (κ2) is 4.90. The van der Waals surface area contributed by atoms with Gasteiger partial charge in [-0.3, -0.25) is 0 Å². The number of nitrogens with zero attached hydrogens (tertiary/aromatic N) is 1. The molecule has 2 nitrogen and oxygen atoms in total. The quantitative estimate of drug-likeness (QED) is 0.882. The molecule has 1 aromatic heterocycles. The van der Waals surface area contributed by atoms with E-state index in [4.69, 9.17) is 4.98 Å².